The Morgan fingerprint density at radius 1 is 1.08 bits per heavy atom. The molecule has 1 aliphatic heterocycles. The zero-order valence-corrected chi connectivity index (χ0v) is 7.71. The van der Waals surface area contributed by atoms with E-state index < -0.39 is 0 Å². The largest absolute Gasteiger partial charge is 0.377 e. The molecular formula is C9H16N2O2. The highest BCUT2D eigenvalue weighted by Gasteiger charge is 2.22. The molecule has 0 bridgehead atoms. The fraction of sp³-hybridized carbons (Fsp3) is 0.889. The summed E-state index contributed by atoms with van der Waals surface area (Å²) in [6.45, 7) is 1.33. The van der Waals surface area contributed by atoms with Crippen molar-refractivity contribution >= 4 is 6.03 Å². The Bertz CT molecular complexity index is 186. The van der Waals surface area contributed by atoms with Gasteiger partial charge in [-0.15, -0.1) is 0 Å². The fourth-order valence-corrected chi connectivity index (χ4v) is 1.80. The molecule has 0 aromatic carbocycles. The van der Waals surface area contributed by atoms with Gasteiger partial charge in [0.05, 0.1) is 19.3 Å². The van der Waals surface area contributed by atoms with Crippen molar-refractivity contribution in [1.29, 1.82) is 0 Å². The molecule has 0 aromatic heterocycles. The zero-order valence-electron chi connectivity index (χ0n) is 7.71. The molecule has 2 amide bonds. The highest BCUT2D eigenvalue weighted by atomic mass is 16.5. The average molecular weight is 184 g/mol. The zero-order chi connectivity index (χ0) is 9.10. The number of hydrogen-bond acceptors (Lipinski definition) is 2. The normalized spacial score (nSPS) is 24.0. The van der Waals surface area contributed by atoms with E-state index in [0.717, 1.165) is 12.8 Å². The van der Waals surface area contributed by atoms with E-state index in [1.807, 2.05) is 0 Å². The summed E-state index contributed by atoms with van der Waals surface area (Å²) in [5, 5.41) is 5.84. The summed E-state index contributed by atoms with van der Waals surface area (Å²) in [5.41, 5.74) is 0. The second-order valence-electron chi connectivity index (χ2n) is 3.83. The molecule has 0 atom stereocenters. The highest BCUT2D eigenvalue weighted by molar-refractivity contribution is 5.74. The van der Waals surface area contributed by atoms with Gasteiger partial charge in [0.1, 0.15) is 0 Å². The van der Waals surface area contributed by atoms with Gasteiger partial charge in [-0.3, -0.25) is 0 Å². The van der Waals surface area contributed by atoms with Gasteiger partial charge in [-0.1, -0.05) is 12.8 Å². The van der Waals surface area contributed by atoms with Crippen LogP contribution in [-0.2, 0) is 4.74 Å². The van der Waals surface area contributed by atoms with Crippen molar-refractivity contribution in [2.24, 2.45) is 0 Å². The van der Waals surface area contributed by atoms with E-state index in [0.29, 0.717) is 19.3 Å². The number of amides is 2. The third kappa shape index (κ3) is 2.34. The maximum absolute atomic E-state index is 11.3. The molecule has 2 fully saturated rings. The van der Waals surface area contributed by atoms with Gasteiger partial charge in [0.15, 0.2) is 0 Å². The van der Waals surface area contributed by atoms with Crippen molar-refractivity contribution in [3.8, 4) is 0 Å². The van der Waals surface area contributed by atoms with Crippen molar-refractivity contribution < 1.29 is 9.53 Å². The third-order valence-corrected chi connectivity index (χ3v) is 2.66. The molecule has 1 aliphatic carbocycles. The number of urea groups is 1. The van der Waals surface area contributed by atoms with Gasteiger partial charge in [0, 0.05) is 6.04 Å². The van der Waals surface area contributed by atoms with Crippen LogP contribution in [0.5, 0.6) is 0 Å². The van der Waals surface area contributed by atoms with E-state index in [1.54, 1.807) is 0 Å². The Hall–Kier alpha value is -0.770. The highest BCUT2D eigenvalue weighted by Crippen LogP contribution is 2.17. The van der Waals surface area contributed by atoms with Crippen LogP contribution in [0.15, 0.2) is 0 Å². The van der Waals surface area contributed by atoms with E-state index in [9.17, 15) is 4.79 Å². The van der Waals surface area contributed by atoms with Crippen LogP contribution in [0.3, 0.4) is 0 Å². The molecule has 4 nitrogen and oxygen atoms in total. The first-order valence-corrected chi connectivity index (χ1v) is 4.99. The minimum Gasteiger partial charge on any atom is -0.377 e. The van der Waals surface area contributed by atoms with Gasteiger partial charge in [-0.05, 0) is 12.8 Å². The number of nitrogens with one attached hydrogen (secondary N) is 2. The van der Waals surface area contributed by atoms with Crippen molar-refractivity contribution in [2.75, 3.05) is 13.2 Å². The van der Waals surface area contributed by atoms with Crippen LogP contribution in [0.4, 0.5) is 4.79 Å². The van der Waals surface area contributed by atoms with Crippen molar-refractivity contribution in [3.63, 3.8) is 0 Å². The number of ether oxygens (including phenoxy) is 1. The van der Waals surface area contributed by atoms with Crippen LogP contribution in [-0.4, -0.2) is 31.3 Å². The first-order valence-electron chi connectivity index (χ1n) is 4.99. The maximum atomic E-state index is 11.3. The van der Waals surface area contributed by atoms with Crippen molar-refractivity contribution in [3.05, 3.63) is 0 Å². The van der Waals surface area contributed by atoms with Crippen LogP contribution in [0.25, 0.3) is 0 Å². The van der Waals surface area contributed by atoms with Gasteiger partial charge in [-0.2, -0.15) is 0 Å². The summed E-state index contributed by atoms with van der Waals surface area (Å²) in [7, 11) is 0. The number of rotatable bonds is 2. The third-order valence-electron chi connectivity index (χ3n) is 2.66. The number of carbonyl (C=O) groups excluding carboxylic acids is 1. The van der Waals surface area contributed by atoms with Gasteiger partial charge < -0.3 is 15.4 Å². The van der Waals surface area contributed by atoms with Gasteiger partial charge in [0.2, 0.25) is 0 Å². The Morgan fingerprint density at radius 2 is 1.69 bits per heavy atom. The van der Waals surface area contributed by atoms with Crippen LogP contribution in [0.1, 0.15) is 25.7 Å². The second kappa shape index (κ2) is 3.96. The number of hydrogen-bond donors (Lipinski definition) is 2. The summed E-state index contributed by atoms with van der Waals surface area (Å²) in [5.74, 6) is 0. The predicted octanol–water partition coefficient (Wildman–Crippen LogP) is 0.627. The molecule has 0 radical (unpaired) electrons. The fourth-order valence-electron chi connectivity index (χ4n) is 1.80. The van der Waals surface area contributed by atoms with E-state index in [4.69, 9.17) is 4.74 Å². The standard InChI is InChI=1S/C9H16N2O2/c12-9(11-8-5-13-6-8)10-7-3-1-2-4-7/h7-8H,1-6H2,(H2,10,11,12). The average Bonchev–Trinajstić information content (AvgIpc) is 2.49. The Kier molecular flexibility index (Phi) is 2.68. The molecule has 1 heterocycles. The quantitative estimate of drug-likeness (QED) is 0.661. The van der Waals surface area contributed by atoms with Gasteiger partial charge in [0.25, 0.3) is 0 Å². The predicted molar refractivity (Wildman–Crippen MR) is 48.5 cm³/mol. The summed E-state index contributed by atoms with van der Waals surface area (Å²) in [6, 6.07) is 0.614. The molecule has 13 heavy (non-hydrogen) atoms. The van der Waals surface area contributed by atoms with Gasteiger partial charge >= 0.3 is 6.03 Å². The van der Waals surface area contributed by atoms with E-state index in [2.05, 4.69) is 10.6 Å². The monoisotopic (exact) mass is 184 g/mol. The molecule has 1 saturated heterocycles. The lowest BCUT2D eigenvalue weighted by Crippen LogP contribution is -2.53. The number of carbonyl (C=O) groups is 1. The molecule has 4 heteroatoms. The van der Waals surface area contributed by atoms with E-state index >= 15 is 0 Å². The molecule has 74 valence electrons. The molecule has 2 rings (SSSR count). The Morgan fingerprint density at radius 3 is 2.23 bits per heavy atom. The minimum absolute atomic E-state index is 0.0276. The van der Waals surface area contributed by atoms with Crippen molar-refractivity contribution in [2.45, 2.75) is 37.8 Å². The lowest BCUT2D eigenvalue weighted by molar-refractivity contribution is -0.000127. The SMILES string of the molecule is O=C(NC1CCCC1)NC1COC1. The molecule has 0 aromatic rings. The lowest BCUT2D eigenvalue weighted by Gasteiger charge is -2.27. The summed E-state index contributed by atoms with van der Waals surface area (Å²) in [6.07, 6.45) is 4.76. The maximum Gasteiger partial charge on any atom is 0.315 e. The van der Waals surface area contributed by atoms with Crippen LogP contribution < -0.4 is 10.6 Å². The first kappa shape index (κ1) is 8.81. The van der Waals surface area contributed by atoms with Gasteiger partial charge in [-0.25, -0.2) is 4.79 Å². The van der Waals surface area contributed by atoms with Crippen LogP contribution >= 0.6 is 0 Å². The molecule has 0 unspecified atom stereocenters. The summed E-state index contributed by atoms with van der Waals surface area (Å²) >= 11 is 0. The minimum atomic E-state index is -0.0276. The molecular weight excluding hydrogens is 168 g/mol. The van der Waals surface area contributed by atoms with E-state index in [-0.39, 0.29) is 12.1 Å². The smallest absolute Gasteiger partial charge is 0.315 e. The van der Waals surface area contributed by atoms with E-state index in [1.165, 1.54) is 12.8 Å². The molecule has 2 N–H and O–H groups in total. The summed E-state index contributed by atoms with van der Waals surface area (Å²) in [4.78, 5) is 11.3. The Labute approximate surface area is 78.0 Å². The molecule has 1 saturated carbocycles. The molecule has 0 spiro atoms. The topological polar surface area (TPSA) is 50.4 Å². The summed E-state index contributed by atoms with van der Waals surface area (Å²) < 4.78 is 4.96. The van der Waals surface area contributed by atoms with Crippen molar-refractivity contribution in [1.82, 2.24) is 10.6 Å². The lowest BCUT2D eigenvalue weighted by atomic mass is 10.2. The second-order valence-corrected chi connectivity index (χ2v) is 3.83. The Balaban J connectivity index is 1.64. The molecule has 2 aliphatic rings. The van der Waals surface area contributed by atoms with Crippen LogP contribution in [0.2, 0.25) is 0 Å². The first-order chi connectivity index (χ1) is 6.34. The van der Waals surface area contributed by atoms with Crippen LogP contribution in [0, 0.1) is 0 Å².